The van der Waals surface area contributed by atoms with Crippen LogP contribution in [0.25, 0.3) is 0 Å². The summed E-state index contributed by atoms with van der Waals surface area (Å²) >= 11 is 0. The standard InChI is InChI=1S/C15H16FNO3/c1-3-19-10-4-6-11(7-5-10)20-15-9-14(18-2)12(16)8-13(15)17/h4-9H,3,17H2,1-2H3. The zero-order chi connectivity index (χ0) is 14.5. The molecule has 0 amide bonds. The first-order valence-electron chi connectivity index (χ1n) is 6.17. The van der Waals surface area contributed by atoms with Gasteiger partial charge in [0.1, 0.15) is 11.5 Å². The molecule has 2 aromatic carbocycles. The zero-order valence-electron chi connectivity index (χ0n) is 11.4. The van der Waals surface area contributed by atoms with Gasteiger partial charge < -0.3 is 19.9 Å². The van der Waals surface area contributed by atoms with Crippen molar-refractivity contribution >= 4 is 5.69 Å². The van der Waals surface area contributed by atoms with Crippen LogP contribution in [0.1, 0.15) is 6.92 Å². The number of ether oxygens (including phenoxy) is 3. The monoisotopic (exact) mass is 277 g/mol. The molecule has 2 rings (SSSR count). The van der Waals surface area contributed by atoms with Gasteiger partial charge in [0.25, 0.3) is 0 Å². The molecule has 20 heavy (non-hydrogen) atoms. The summed E-state index contributed by atoms with van der Waals surface area (Å²) in [7, 11) is 1.38. The third-order valence-electron chi connectivity index (χ3n) is 2.65. The van der Waals surface area contributed by atoms with Gasteiger partial charge >= 0.3 is 0 Å². The Morgan fingerprint density at radius 3 is 2.30 bits per heavy atom. The number of hydrogen-bond donors (Lipinski definition) is 1. The van der Waals surface area contributed by atoms with Crippen LogP contribution in [0.2, 0.25) is 0 Å². The van der Waals surface area contributed by atoms with Gasteiger partial charge in [0.15, 0.2) is 17.3 Å². The maximum atomic E-state index is 13.4. The van der Waals surface area contributed by atoms with Gasteiger partial charge in [-0.15, -0.1) is 0 Å². The van der Waals surface area contributed by atoms with Crippen LogP contribution in [0.4, 0.5) is 10.1 Å². The maximum Gasteiger partial charge on any atom is 0.167 e. The minimum atomic E-state index is -0.524. The lowest BCUT2D eigenvalue weighted by Crippen LogP contribution is -1.96. The summed E-state index contributed by atoms with van der Waals surface area (Å²) in [4.78, 5) is 0. The lowest BCUT2D eigenvalue weighted by atomic mass is 10.2. The third-order valence-corrected chi connectivity index (χ3v) is 2.65. The van der Waals surface area contributed by atoms with E-state index in [0.717, 1.165) is 5.75 Å². The number of hydrogen-bond acceptors (Lipinski definition) is 4. The second kappa shape index (κ2) is 6.14. The molecule has 0 saturated heterocycles. The van der Waals surface area contributed by atoms with Crippen LogP contribution in [0, 0.1) is 5.82 Å². The van der Waals surface area contributed by atoms with Crippen LogP contribution < -0.4 is 19.9 Å². The number of nitrogen functional groups attached to an aromatic ring is 1. The van der Waals surface area contributed by atoms with Crippen molar-refractivity contribution < 1.29 is 18.6 Å². The van der Waals surface area contributed by atoms with E-state index >= 15 is 0 Å². The highest BCUT2D eigenvalue weighted by Crippen LogP contribution is 2.33. The van der Waals surface area contributed by atoms with E-state index in [-0.39, 0.29) is 11.4 Å². The lowest BCUT2D eigenvalue weighted by molar-refractivity contribution is 0.339. The van der Waals surface area contributed by atoms with Crippen molar-refractivity contribution in [2.45, 2.75) is 6.92 Å². The van der Waals surface area contributed by atoms with Crippen LogP contribution in [-0.2, 0) is 0 Å². The van der Waals surface area contributed by atoms with Gasteiger partial charge in [-0.2, -0.15) is 0 Å². The second-order valence-electron chi connectivity index (χ2n) is 4.03. The van der Waals surface area contributed by atoms with Crippen molar-refractivity contribution in [1.82, 2.24) is 0 Å². The van der Waals surface area contributed by atoms with Crippen LogP contribution in [0.3, 0.4) is 0 Å². The van der Waals surface area contributed by atoms with Crippen LogP contribution in [0.5, 0.6) is 23.0 Å². The van der Waals surface area contributed by atoms with Crippen molar-refractivity contribution in [3.8, 4) is 23.0 Å². The van der Waals surface area contributed by atoms with E-state index in [0.29, 0.717) is 18.1 Å². The first-order chi connectivity index (χ1) is 9.63. The van der Waals surface area contributed by atoms with E-state index in [9.17, 15) is 4.39 Å². The van der Waals surface area contributed by atoms with Crippen LogP contribution >= 0.6 is 0 Å². The van der Waals surface area contributed by atoms with E-state index in [4.69, 9.17) is 19.9 Å². The fourth-order valence-corrected chi connectivity index (χ4v) is 1.69. The highest BCUT2D eigenvalue weighted by molar-refractivity contribution is 5.57. The molecule has 5 heteroatoms. The molecule has 0 radical (unpaired) electrons. The van der Waals surface area contributed by atoms with Crippen molar-refractivity contribution in [3.63, 3.8) is 0 Å². The van der Waals surface area contributed by atoms with Crippen molar-refractivity contribution in [2.75, 3.05) is 19.5 Å². The Balaban J connectivity index is 2.21. The first kappa shape index (κ1) is 14.0. The van der Waals surface area contributed by atoms with Gasteiger partial charge in [-0.1, -0.05) is 0 Å². The summed E-state index contributed by atoms with van der Waals surface area (Å²) in [5, 5.41) is 0. The maximum absolute atomic E-state index is 13.4. The normalized spacial score (nSPS) is 10.2. The molecule has 0 unspecified atom stereocenters. The largest absolute Gasteiger partial charge is 0.494 e. The molecule has 0 spiro atoms. The smallest absolute Gasteiger partial charge is 0.167 e. The molecular weight excluding hydrogens is 261 g/mol. The molecule has 2 aromatic rings. The molecule has 0 bridgehead atoms. The Morgan fingerprint density at radius 2 is 1.70 bits per heavy atom. The fourth-order valence-electron chi connectivity index (χ4n) is 1.69. The predicted molar refractivity (Wildman–Crippen MR) is 75.0 cm³/mol. The summed E-state index contributed by atoms with van der Waals surface area (Å²) in [5.41, 5.74) is 5.93. The van der Waals surface area contributed by atoms with Gasteiger partial charge in [0, 0.05) is 12.1 Å². The molecule has 0 aliphatic rings. The zero-order valence-corrected chi connectivity index (χ0v) is 11.4. The minimum Gasteiger partial charge on any atom is -0.494 e. The van der Waals surface area contributed by atoms with Gasteiger partial charge in [0.05, 0.1) is 19.4 Å². The van der Waals surface area contributed by atoms with E-state index in [1.165, 1.54) is 19.2 Å². The molecule has 0 saturated carbocycles. The highest BCUT2D eigenvalue weighted by atomic mass is 19.1. The molecule has 106 valence electrons. The average molecular weight is 277 g/mol. The molecule has 0 atom stereocenters. The van der Waals surface area contributed by atoms with E-state index < -0.39 is 5.82 Å². The van der Waals surface area contributed by atoms with Crippen molar-refractivity contribution in [3.05, 3.63) is 42.2 Å². The van der Waals surface area contributed by atoms with Gasteiger partial charge in [-0.25, -0.2) is 4.39 Å². The third kappa shape index (κ3) is 3.12. The Labute approximate surface area is 116 Å². The van der Waals surface area contributed by atoms with Crippen molar-refractivity contribution in [2.24, 2.45) is 0 Å². The molecular formula is C15H16FNO3. The number of anilines is 1. The highest BCUT2D eigenvalue weighted by Gasteiger charge is 2.10. The lowest BCUT2D eigenvalue weighted by Gasteiger charge is -2.11. The molecule has 0 aliphatic carbocycles. The van der Waals surface area contributed by atoms with Crippen molar-refractivity contribution in [1.29, 1.82) is 0 Å². The Hall–Kier alpha value is -2.43. The predicted octanol–water partition coefficient (Wildman–Crippen LogP) is 3.61. The van der Waals surface area contributed by atoms with Gasteiger partial charge in [-0.05, 0) is 31.2 Å². The first-order valence-corrected chi connectivity index (χ1v) is 6.17. The Morgan fingerprint density at radius 1 is 1.05 bits per heavy atom. The average Bonchev–Trinajstić information content (AvgIpc) is 2.44. The van der Waals surface area contributed by atoms with Gasteiger partial charge in [0.2, 0.25) is 0 Å². The molecule has 0 aromatic heterocycles. The molecule has 0 aliphatic heterocycles. The summed E-state index contributed by atoms with van der Waals surface area (Å²) in [6.45, 7) is 2.51. The summed E-state index contributed by atoms with van der Waals surface area (Å²) in [5.74, 6) is 1.23. The topological polar surface area (TPSA) is 53.7 Å². The number of nitrogens with two attached hydrogens (primary N) is 1. The van der Waals surface area contributed by atoms with Gasteiger partial charge in [-0.3, -0.25) is 0 Å². The Kier molecular flexibility index (Phi) is 4.30. The quantitative estimate of drug-likeness (QED) is 0.848. The molecule has 0 heterocycles. The fraction of sp³-hybridized carbons (Fsp3) is 0.200. The molecule has 0 fully saturated rings. The van der Waals surface area contributed by atoms with E-state index in [1.807, 2.05) is 6.92 Å². The van der Waals surface area contributed by atoms with Crippen LogP contribution in [0.15, 0.2) is 36.4 Å². The summed E-state index contributed by atoms with van der Waals surface area (Å²) in [6.07, 6.45) is 0. The SMILES string of the molecule is CCOc1ccc(Oc2cc(OC)c(F)cc2N)cc1. The van der Waals surface area contributed by atoms with Crippen LogP contribution in [-0.4, -0.2) is 13.7 Å². The second-order valence-corrected chi connectivity index (χ2v) is 4.03. The molecule has 2 N–H and O–H groups in total. The number of methoxy groups -OCH3 is 1. The summed E-state index contributed by atoms with van der Waals surface area (Å²) in [6, 6.07) is 9.66. The number of halogens is 1. The minimum absolute atomic E-state index is 0.0835. The molecule has 4 nitrogen and oxygen atoms in total. The summed E-state index contributed by atoms with van der Waals surface area (Å²) < 4.78 is 29.3. The van der Waals surface area contributed by atoms with E-state index in [1.54, 1.807) is 24.3 Å². The number of rotatable bonds is 5. The number of benzene rings is 2. The van der Waals surface area contributed by atoms with E-state index in [2.05, 4.69) is 0 Å². The Bertz CT molecular complexity index is 584.